The van der Waals surface area contributed by atoms with Gasteiger partial charge in [0.2, 0.25) is 17.7 Å². The normalized spacial score (nSPS) is 14.1. The van der Waals surface area contributed by atoms with Crippen LogP contribution in [-0.4, -0.2) is 35.0 Å². The number of carbonyl (C=O) groups excluding carboxylic acids is 3. The number of hydrogen-bond donors (Lipinski definition) is 3. The van der Waals surface area contributed by atoms with E-state index in [1.807, 2.05) is 5.38 Å². The van der Waals surface area contributed by atoms with Crippen LogP contribution in [0.5, 0.6) is 0 Å². The van der Waals surface area contributed by atoms with Gasteiger partial charge in [0.05, 0.1) is 17.9 Å². The second-order valence-corrected chi connectivity index (χ2v) is 9.77. The molecule has 31 heavy (non-hydrogen) atoms. The molecule has 0 unspecified atom stereocenters. The number of nitrogens with zero attached hydrogens (tertiary/aromatic N) is 1. The highest BCUT2D eigenvalue weighted by Crippen LogP contribution is 2.24. The van der Waals surface area contributed by atoms with E-state index in [0.29, 0.717) is 17.3 Å². The van der Waals surface area contributed by atoms with Crippen LogP contribution in [0.3, 0.4) is 0 Å². The third-order valence-electron chi connectivity index (χ3n) is 5.00. The number of carbonyl (C=O) groups is 3. The summed E-state index contributed by atoms with van der Waals surface area (Å²) in [5.74, 6) is 0.568. The molecule has 1 saturated carbocycles. The molecular formula is C22H28N4O3S2. The Bertz CT molecular complexity index is 892. The van der Waals surface area contributed by atoms with Crippen molar-refractivity contribution in [2.45, 2.75) is 49.8 Å². The largest absolute Gasteiger partial charge is 0.355 e. The van der Waals surface area contributed by atoms with Crippen LogP contribution >= 0.6 is 23.1 Å². The van der Waals surface area contributed by atoms with E-state index in [0.717, 1.165) is 16.6 Å². The van der Waals surface area contributed by atoms with Crippen molar-refractivity contribution < 1.29 is 14.4 Å². The molecule has 0 aliphatic heterocycles. The van der Waals surface area contributed by atoms with E-state index in [1.54, 1.807) is 24.3 Å². The Morgan fingerprint density at radius 3 is 2.39 bits per heavy atom. The van der Waals surface area contributed by atoms with Gasteiger partial charge in [-0.25, -0.2) is 4.98 Å². The molecule has 3 rings (SSSR count). The first-order chi connectivity index (χ1) is 15.0. The van der Waals surface area contributed by atoms with Crippen molar-refractivity contribution in [2.24, 2.45) is 5.92 Å². The lowest BCUT2D eigenvalue weighted by atomic mass is 9.89. The molecule has 1 aliphatic rings. The molecule has 0 spiro atoms. The fourth-order valence-electron chi connectivity index (χ4n) is 3.48. The van der Waals surface area contributed by atoms with E-state index >= 15 is 0 Å². The number of thioether (sulfide) groups is 1. The first-order valence-electron chi connectivity index (χ1n) is 10.5. The third kappa shape index (κ3) is 8.34. The molecule has 0 saturated heterocycles. The smallest absolute Gasteiger partial charge is 0.234 e. The van der Waals surface area contributed by atoms with Crippen LogP contribution in [0.2, 0.25) is 0 Å². The van der Waals surface area contributed by atoms with Gasteiger partial charge in [0, 0.05) is 30.2 Å². The molecule has 1 aromatic heterocycles. The van der Waals surface area contributed by atoms with Gasteiger partial charge in [0.25, 0.3) is 0 Å². The number of hydrogen-bond acceptors (Lipinski definition) is 6. The lowest BCUT2D eigenvalue weighted by Crippen LogP contribution is -2.31. The molecule has 0 bridgehead atoms. The lowest BCUT2D eigenvalue weighted by molar-refractivity contribution is -0.120. The third-order valence-corrected chi connectivity index (χ3v) is 7.07. The molecule has 166 valence electrons. The zero-order valence-electron chi connectivity index (χ0n) is 17.6. The Morgan fingerprint density at radius 2 is 1.71 bits per heavy atom. The minimum atomic E-state index is -0.141. The molecule has 9 heteroatoms. The molecule has 3 N–H and O–H groups in total. The number of rotatable bonds is 9. The number of anilines is 2. The van der Waals surface area contributed by atoms with Crippen molar-refractivity contribution in [3.8, 4) is 0 Å². The van der Waals surface area contributed by atoms with Gasteiger partial charge < -0.3 is 16.0 Å². The molecule has 1 fully saturated rings. The highest BCUT2D eigenvalue weighted by atomic mass is 32.2. The average molecular weight is 461 g/mol. The zero-order valence-corrected chi connectivity index (χ0v) is 19.2. The van der Waals surface area contributed by atoms with Crippen LogP contribution in [0.4, 0.5) is 11.4 Å². The Kier molecular flexibility index (Phi) is 8.90. The van der Waals surface area contributed by atoms with Crippen molar-refractivity contribution >= 4 is 52.2 Å². The summed E-state index contributed by atoms with van der Waals surface area (Å²) in [5, 5.41) is 10.4. The summed E-state index contributed by atoms with van der Waals surface area (Å²) in [6.45, 7) is 2.21. The molecule has 1 aliphatic carbocycles. The van der Waals surface area contributed by atoms with Crippen LogP contribution < -0.4 is 16.0 Å². The van der Waals surface area contributed by atoms with Crippen molar-refractivity contribution in [2.75, 3.05) is 22.9 Å². The number of benzene rings is 1. The predicted molar refractivity (Wildman–Crippen MR) is 126 cm³/mol. The second kappa shape index (κ2) is 11.9. The summed E-state index contributed by atoms with van der Waals surface area (Å²) in [6, 6.07) is 6.94. The summed E-state index contributed by atoms with van der Waals surface area (Å²) in [6.07, 6.45) is 6.54. The van der Waals surface area contributed by atoms with Gasteiger partial charge >= 0.3 is 0 Å². The van der Waals surface area contributed by atoms with Crippen molar-refractivity contribution in [3.05, 3.63) is 35.3 Å². The molecular weight excluding hydrogens is 432 g/mol. The van der Waals surface area contributed by atoms with Crippen LogP contribution in [0.1, 0.15) is 44.7 Å². The van der Waals surface area contributed by atoms with Crippen molar-refractivity contribution in [3.63, 3.8) is 0 Å². The van der Waals surface area contributed by atoms with E-state index in [-0.39, 0.29) is 29.9 Å². The standard InChI is InChI=1S/C22H28N4O3S2/c1-15(27)24-17-7-9-18(10-8-17)25-21(29)14-31-22-26-19(13-30-22)11-20(28)23-12-16-5-3-2-4-6-16/h7-10,13,16H,2-6,11-12,14H2,1H3,(H,23,28)(H,24,27)(H,25,29). The van der Waals surface area contributed by atoms with Crippen molar-refractivity contribution in [1.82, 2.24) is 10.3 Å². The Hall–Kier alpha value is -2.39. The van der Waals surface area contributed by atoms with E-state index in [2.05, 4.69) is 20.9 Å². The van der Waals surface area contributed by atoms with E-state index in [9.17, 15) is 14.4 Å². The molecule has 7 nitrogen and oxygen atoms in total. The number of aromatic nitrogens is 1. The van der Waals surface area contributed by atoms with E-state index < -0.39 is 0 Å². The van der Waals surface area contributed by atoms with Gasteiger partial charge in [-0.15, -0.1) is 11.3 Å². The van der Waals surface area contributed by atoms with Crippen LogP contribution in [-0.2, 0) is 20.8 Å². The lowest BCUT2D eigenvalue weighted by Gasteiger charge is -2.21. The SMILES string of the molecule is CC(=O)Nc1ccc(NC(=O)CSc2nc(CC(=O)NCC3CCCCC3)cs2)cc1. The van der Waals surface area contributed by atoms with Gasteiger partial charge in [0.15, 0.2) is 4.34 Å². The molecule has 1 aromatic carbocycles. The Morgan fingerprint density at radius 1 is 1.03 bits per heavy atom. The van der Waals surface area contributed by atoms with Crippen LogP contribution in [0.15, 0.2) is 34.0 Å². The number of nitrogens with one attached hydrogen (secondary N) is 3. The van der Waals surface area contributed by atoms with Crippen LogP contribution in [0, 0.1) is 5.92 Å². The summed E-state index contributed by atoms with van der Waals surface area (Å²) >= 11 is 2.80. The van der Waals surface area contributed by atoms with Gasteiger partial charge in [-0.05, 0) is 43.0 Å². The monoisotopic (exact) mass is 460 g/mol. The topological polar surface area (TPSA) is 100 Å². The van der Waals surface area contributed by atoms with Gasteiger partial charge in [0.1, 0.15) is 0 Å². The maximum absolute atomic E-state index is 12.2. The van der Waals surface area contributed by atoms with E-state index in [1.165, 1.54) is 62.1 Å². The Labute approximate surface area is 190 Å². The number of amides is 3. The fourth-order valence-corrected chi connectivity index (χ4v) is 5.12. The minimum absolute atomic E-state index is 0.00729. The number of thiazole rings is 1. The first kappa shape index (κ1) is 23.3. The molecule has 1 heterocycles. The average Bonchev–Trinajstić information content (AvgIpc) is 3.20. The maximum Gasteiger partial charge on any atom is 0.234 e. The van der Waals surface area contributed by atoms with Gasteiger partial charge in [-0.3, -0.25) is 14.4 Å². The first-order valence-corrected chi connectivity index (χ1v) is 12.4. The summed E-state index contributed by atoms with van der Waals surface area (Å²) < 4.78 is 0.770. The van der Waals surface area contributed by atoms with Gasteiger partial charge in [-0.2, -0.15) is 0 Å². The highest BCUT2D eigenvalue weighted by Gasteiger charge is 2.15. The molecule has 0 atom stereocenters. The molecule has 3 amide bonds. The quantitative estimate of drug-likeness (QED) is 0.490. The van der Waals surface area contributed by atoms with Crippen molar-refractivity contribution in [1.29, 1.82) is 0 Å². The Balaban J connectivity index is 1.37. The highest BCUT2D eigenvalue weighted by molar-refractivity contribution is 8.01. The molecule has 2 aromatic rings. The van der Waals surface area contributed by atoms with E-state index in [4.69, 9.17) is 0 Å². The summed E-state index contributed by atoms with van der Waals surface area (Å²) in [4.78, 5) is 39.9. The minimum Gasteiger partial charge on any atom is -0.355 e. The maximum atomic E-state index is 12.2. The van der Waals surface area contributed by atoms with Gasteiger partial charge in [-0.1, -0.05) is 31.0 Å². The predicted octanol–water partition coefficient (Wildman–Crippen LogP) is 4.07. The summed E-state index contributed by atoms with van der Waals surface area (Å²) in [7, 11) is 0. The summed E-state index contributed by atoms with van der Waals surface area (Å²) in [5.41, 5.74) is 2.08. The second-order valence-electron chi connectivity index (χ2n) is 7.69. The zero-order chi connectivity index (χ0) is 22.1. The van der Waals surface area contributed by atoms with Crippen LogP contribution in [0.25, 0.3) is 0 Å². The molecule has 0 radical (unpaired) electrons. The fraction of sp³-hybridized carbons (Fsp3) is 0.455.